The molecule has 5 nitrogen and oxygen atoms in total. The van der Waals surface area contributed by atoms with E-state index in [1.165, 1.54) is 11.3 Å². The molecule has 112 valence electrons. The quantitative estimate of drug-likeness (QED) is 0.792. The van der Waals surface area contributed by atoms with E-state index < -0.39 is 0 Å². The van der Waals surface area contributed by atoms with Crippen LogP contribution in [-0.4, -0.2) is 16.0 Å². The monoisotopic (exact) mass is 313 g/mol. The summed E-state index contributed by atoms with van der Waals surface area (Å²) in [4.78, 5) is 18.4. The Bertz CT molecular complexity index is 793. The smallest absolute Gasteiger partial charge is 0.255 e. The van der Waals surface area contributed by atoms with E-state index in [9.17, 15) is 4.79 Å². The van der Waals surface area contributed by atoms with Crippen molar-refractivity contribution < 1.29 is 9.32 Å². The predicted octanol–water partition coefficient (Wildman–Crippen LogP) is 3.92. The van der Waals surface area contributed by atoms with Crippen LogP contribution in [0.25, 0.3) is 10.7 Å². The van der Waals surface area contributed by atoms with Gasteiger partial charge in [0.25, 0.3) is 5.91 Å². The molecule has 0 saturated heterocycles. The first-order valence-electron chi connectivity index (χ1n) is 6.97. The molecule has 3 rings (SSSR count). The lowest BCUT2D eigenvalue weighted by Gasteiger charge is -2.03. The number of hydrogen-bond donors (Lipinski definition) is 1. The molecule has 0 unspecified atom stereocenters. The SMILES string of the molecule is CCc1nc(-c2cc(NC(=O)c3ccccc3)c(C)s2)no1. The zero-order chi connectivity index (χ0) is 15.5. The Balaban J connectivity index is 1.82. The van der Waals surface area contributed by atoms with Crippen LogP contribution in [0.2, 0.25) is 0 Å². The van der Waals surface area contributed by atoms with Crippen molar-refractivity contribution in [3.8, 4) is 10.7 Å². The van der Waals surface area contributed by atoms with Gasteiger partial charge in [-0.1, -0.05) is 30.3 Å². The number of aryl methyl sites for hydroxylation is 2. The Labute approximate surface area is 132 Å². The van der Waals surface area contributed by atoms with Gasteiger partial charge in [0.1, 0.15) is 0 Å². The van der Waals surface area contributed by atoms with Crippen molar-refractivity contribution in [2.45, 2.75) is 20.3 Å². The van der Waals surface area contributed by atoms with Crippen LogP contribution in [0.4, 0.5) is 5.69 Å². The van der Waals surface area contributed by atoms with Gasteiger partial charge in [-0.2, -0.15) is 4.98 Å². The zero-order valence-electron chi connectivity index (χ0n) is 12.3. The predicted molar refractivity (Wildman–Crippen MR) is 86.1 cm³/mol. The highest BCUT2D eigenvalue weighted by Gasteiger charge is 2.15. The molecule has 1 amide bonds. The number of nitrogens with zero attached hydrogens (tertiary/aromatic N) is 2. The number of hydrogen-bond acceptors (Lipinski definition) is 5. The Morgan fingerprint density at radius 3 is 2.77 bits per heavy atom. The molecule has 22 heavy (non-hydrogen) atoms. The van der Waals surface area contributed by atoms with Gasteiger partial charge in [0.15, 0.2) is 0 Å². The van der Waals surface area contributed by atoms with Gasteiger partial charge in [0.05, 0.1) is 10.6 Å². The van der Waals surface area contributed by atoms with E-state index in [1.807, 2.05) is 38.1 Å². The van der Waals surface area contributed by atoms with Crippen LogP contribution < -0.4 is 5.32 Å². The maximum atomic E-state index is 12.2. The lowest BCUT2D eigenvalue weighted by molar-refractivity contribution is 0.102. The molecular formula is C16H15N3O2S. The fraction of sp³-hybridized carbons (Fsp3) is 0.188. The lowest BCUT2D eigenvalue weighted by atomic mass is 10.2. The summed E-state index contributed by atoms with van der Waals surface area (Å²) in [7, 11) is 0. The molecule has 6 heteroatoms. The third kappa shape index (κ3) is 2.92. The van der Waals surface area contributed by atoms with Gasteiger partial charge in [-0.3, -0.25) is 4.79 Å². The normalized spacial score (nSPS) is 10.6. The van der Waals surface area contributed by atoms with E-state index in [0.29, 0.717) is 23.7 Å². The highest BCUT2D eigenvalue weighted by atomic mass is 32.1. The first kappa shape index (κ1) is 14.5. The average molecular weight is 313 g/mol. The standard InChI is InChI=1S/C16H15N3O2S/c1-3-14-18-15(19-21-14)13-9-12(10(2)22-13)17-16(20)11-7-5-4-6-8-11/h4-9H,3H2,1-2H3,(H,17,20). The van der Waals surface area contributed by atoms with Gasteiger partial charge in [-0.15, -0.1) is 11.3 Å². The summed E-state index contributed by atoms with van der Waals surface area (Å²) in [5.41, 5.74) is 1.40. The molecule has 0 saturated carbocycles. The minimum atomic E-state index is -0.129. The van der Waals surface area contributed by atoms with Crippen LogP contribution in [0.5, 0.6) is 0 Å². The number of rotatable bonds is 4. The minimum absolute atomic E-state index is 0.129. The summed E-state index contributed by atoms with van der Waals surface area (Å²) in [6, 6.07) is 11.0. The topological polar surface area (TPSA) is 68.0 Å². The van der Waals surface area contributed by atoms with Crippen molar-refractivity contribution >= 4 is 22.9 Å². The van der Waals surface area contributed by atoms with E-state index >= 15 is 0 Å². The third-order valence-electron chi connectivity index (χ3n) is 3.19. The van der Waals surface area contributed by atoms with E-state index in [2.05, 4.69) is 15.5 Å². The van der Waals surface area contributed by atoms with Gasteiger partial charge in [0.2, 0.25) is 11.7 Å². The Kier molecular flexibility index (Phi) is 4.02. The molecule has 0 fully saturated rings. The number of aromatic nitrogens is 2. The Hall–Kier alpha value is -2.47. The average Bonchev–Trinajstić information content (AvgIpc) is 3.15. The molecule has 0 bridgehead atoms. The summed E-state index contributed by atoms with van der Waals surface area (Å²) in [6.07, 6.45) is 0.703. The van der Waals surface area contributed by atoms with Crippen molar-refractivity contribution in [3.05, 3.63) is 52.7 Å². The number of carbonyl (C=O) groups excluding carboxylic acids is 1. The molecule has 0 spiro atoms. The summed E-state index contributed by atoms with van der Waals surface area (Å²) in [5, 5.41) is 6.88. The molecular weight excluding hydrogens is 298 g/mol. The van der Waals surface area contributed by atoms with Gasteiger partial charge in [0, 0.05) is 16.9 Å². The molecule has 1 N–H and O–H groups in total. The molecule has 0 atom stereocenters. The Morgan fingerprint density at radius 1 is 1.32 bits per heavy atom. The number of anilines is 1. The van der Waals surface area contributed by atoms with E-state index in [-0.39, 0.29) is 5.91 Å². The van der Waals surface area contributed by atoms with Gasteiger partial charge < -0.3 is 9.84 Å². The fourth-order valence-electron chi connectivity index (χ4n) is 2.00. The van der Waals surface area contributed by atoms with Crippen molar-refractivity contribution in [3.63, 3.8) is 0 Å². The fourth-order valence-corrected chi connectivity index (χ4v) is 2.90. The molecule has 0 radical (unpaired) electrons. The first-order chi connectivity index (χ1) is 10.7. The van der Waals surface area contributed by atoms with E-state index in [4.69, 9.17) is 4.52 Å². The molecule has 1 aromatic carbocycles. The lowest BCUT2D eigenvalue weighted by Crippen LogP contribution is -2.11. The molecule has 2 heterocycles. The number of carbonyl (C=O) groups is 1. The van der Waals surface area contributed by atoms with Crippen LogP contribution >= 0.6 is 11.3 Å². The van der Waals surface area contributed by atoms with Crippen LogP contribution in [0.3, 0.4) is 0 Å². The number of thiophene rings is 1. The number of benzene rings is 1. The summed E-state index contributed by atoms with van der Waals surface area (Å²) < 4.78 is 5.13. The van der Waals surface area contributed by atoms with Crippen LogP contribution in [-0.2, 0) is 6.42 Å². The second-order valence-corrected chi connectivity index (χ2v) is 6.02. The maximum absolute atomic E-state index is 12.2. The highest BCUT2D eigenvalue weighted by molar-refractivity contribution is 7.16. The second-order valence-electron chi connectivity index (χ2n) is 4.77. The summed E-state index contributed by atoms with van der Waals surface area (Å²) in [5.74, 6) is 1.04. The van der Waals surface area contributed by atoms with Crippen molar-refractivity contribution in [2.24, 2.45) is 0 Å². The van der Waals surface area contributed by atoms with Crippen LogP contribution in [0.1, 0.15) is 28.0 Å². The highest BCUT2D eigenvalue weighted by Crippen LogP contribution is 2.33. The minimum Gasteiger partial charge on any atom is -0.339 e. The zero-order valence-corrected chi connectivity index (χ0v) is 13.1. The maximum Gasteiger partial charge on any atom is 0.255 e. The molecule has 0 aliphatic rings. The molecule has 0 aliphatic heterocycles. The second kappa shape index (κ2) is 6.11. The first-order valence-corrected chi connectivity index (χ1v) is 7.79. The Morgan fingerprint density at radius 2 is 2.09 bits per heavy atom. The largest absolute Gasteiger partial charge is 0.339 e. The van der Waals surface area contributed by atoms with Crippen molar-refractivity contribution in [1.82, 2.24) is 10.1 Å². The van der Waals surface area contributed by atoms with Gasteiger partial charge in [-0.05, 0) is 25.1 Å². The molecule has 2 aromatic heterocycles. The van der Waals surface area contributed by atoms with Gasteiger partial charge in [-0.25, -0.2) is 0 Å². The van der Waals surface area contributed by atoms with Crippen LogP contribution in [0.15, 0.2) is 40.9 Å². The van der Waals surface area contributed by atoms with Gasteiger partial charge >= 0.3 is 0 Å². The number of nitrogens with one attached hydrogen (secondary N) is 1. The van der Waals surface area contributed by atoms with Crippen molar-refractivity contribution in [1.29, 1.82) is 0 Å². The van der Waals surface area contributed by atoms with E-state index in [0.717, 1.165) is 15.4 Å². The molecule has 3 aromatic rings. The summed E-state index contributed by atoms with van der Waals surface area (Å²) in [6.45, 7) is 3.91. The van der Waals surface area contributed by atoms with Crippen molar-refractivity contribution in [2.75, 3.05) is 5.32 Å². The van der Waals surface area contributed by atoms with Crippen LogP contribution in [0, 0.1) is 6.92 Å². The number of amides is 1. The molecule has 0 aliphatic carbocycles. The summed E-state index contributed by atoms with van der Waals surface area (Å²) >= 11 is 1.53. The van der Waals surface area contributed by atoms with E-state index in [1.54, 1.807) is 12.1 Å². The third-order valence-corrected chi connectivity index (χ3v) is 4.24.